The van der Waals surface area contributed by atoms with E-state index in [0.29, 0.717) is 16.5 Å². The molecule has 2 rings (SSSR count). The highest BCUT2D eigenvalue weighted by molar-refractivity contribution is 6.33. The molecule has 1 aliphatic rings. The van der Waals surface area contributed by atoms with Gasteiger partial charge >= 0.3 is 0 Å². The molecule has 0 unspecified atom stereocenters. The molecule has 3 heteroatoms. The normalized spacial score (nSPS) is 23.6. The Kier molecular flexibility index (Phi) is 4.95. The molecule has 1 aromatic rings. The maximum Gasteiger partial charge on any atom is 0.125 e. The minimum atomic E-state index is -0.238. The first-order chi connectivity index (χ1) is 9.42. The van der Waals surface area contributed by atoms with Gasteiger partial charge in [0.25, 0.3) is 0 Å². The smallest absolute Gasteiger partial charge is 0.125 e. The maximum absolute atomic E-state index is 13.3. The van der Waals surface area contributed by atoms with Gasteiger partial charge in [-0.2, -0.15) is 0 Å². The van der Waals surface area contributed by atoms with Gasteiger partial charge in [-0.25, -0.2) is 4.39 Å². The summed E-state index contributed by atoms with van der Waals surface area (Å²) < 4.78 is 13.3. The molecular formula is C17H25ClFN. The third-order valence-corrected chi connectivity index (χ3v) is 5.36. The predicted octanol–water partition coefficient (Wildman–Crippen LogP) is 5.89. The average molecular weight is 298 g/mol. The lowest BCUT2D eigenvalue weighted by Crippen LogP contribution is -2.32. The summed E-state index contributed by atoms with van der Waals surface area (Å²) in [5, 5.41) is 4.01. The van der Waals surface area contributed by atoms with E-state index in [1.165, 1.54) is 31.4 Å². The molecule has 0 heterocycles. The van der Waals surface area contributed by atoms with E-state index in [1.807, 2.05) is 0 Å². The fourth-order valence-electron chi connectivity index (χ4n) is 3.14. The molecule has 0 aromatic heterocycles. The number of hydrogen-bond acceptors (Lipinski definition) is 1. The van der Waals surface area contributed by atoms with E-state index in [2.05, 4.69) is 26.1 Å². The Hall–Kier alpha value is -0.760. The van der Waals surface area contributed by atoms with Crippen LogP contribution < -0.4 is 5.32 Å². The van der Waals surface area contributed by atoms with Crippen LogP contribution in [0.2, 0.25) is 5.02 Å². The van der Waals surface area contributed by atoms with Gasteiger partial charge in [0.15, 0.2) is 0 Å². The lowest BCUT2D eigenvalue weighted by Gasteiger charge is -2.39. The molecule has 0 atom stereocenters. The Morgan fingerprint density at radius 3 is 2.50 bits per heavy atom. The molecule has 0 amide bonds. The highest BCUT2D eigenvalue weighted by atomic mass is 35.5. The van der Waals surface area contributed by atoms with Crippen molar-refractivity contribution in [2.75, 3.05) is 5.32 Å². The van der Waals surface area contributed by atoms with E-state index >= 15 is 0 Å². The molecule has 0 saturated heterocycles. The maximum atomic E-state index is 13.3. The van der Waals surface area contributed by atoms with Crippen molar-refractivity contribution in [3.8, 4) is 0 Å². The monoisotopic (exact) mass is 297 g/mol. The highest BCUT2D eigenvalue weighted by Crippen LogP contribution is 2.41. The summed E-state index contributed by atoms with van der Waals surface area (Å²) in [6, 6.07) is 4.92. The van der Waals surface area contributed by atoms with Gasteiger partial charge in [-0.3, -0.25) is 0 Å². The first-order valence-electron chi connectivity index (χ1n) is 7.64. The van der Waals surface area contributed by atoms with Gasteiger partial charge in [0, 0.05) is 6.04 Å². The Balaban J connectivity index is 1.93. The van der Waals surface area contributed by atoms with E-state index in [9.17, 15) is 4.39 Å². The lowest BCUT2D eigenvalue weighted by atomic mass is 9.69. The van der Waals surface area contributed by atoms with E-state index in [4.69, 9.17) is 11.6 Å². The second-order valence-electron chi connectivity index (χ2n) is 6.66. The highest BCUT2D eigenvalue weighted by Gasteiger charge is 2.31. The Morgan fingerprint density at radius 1 is 1.25 bits per heavy atom. The predicted molar refractivity (Wildman–Crippen MR) is 84.9 cm³/mol. The zero-order valence-electron chi connectivity index (χ0n) is 12.7. The zero-order chi connectivity index (χ0) is 14.8. The lowest BCUT2D eigenvalue weighted by molar-refractivity contribution is 0.147. The molecule has 1 N–H and O–H groups in total. The Morgan fingerprint density at radius 2 is 1.90 bits per heavy atom. The molecule has 1 nitrogen and oxygen atoms in total. The van der Waals surface area contributed by atoms with Gasteiger partial charge in [-0.1, -0.05) is 38.8 Å². The van der Waals surface area contributed by atoms with Crippen LogP contribution in [0.5, 0.6) is 0 Å². The molecule has 1 aliphatic carbocycles. The largest absolute Gasteiger partial charge is 0.381 e. The van der Waals surface area contributed by atoms with Crippen LogP contribution in [-0.2, 0) is 0 Å². The van der Waals surface area contributed by atoms with Gasteiger partial charge in [-0.15, -0.1) is 0 Å². The summed E-state index contributed by atoms with van der Waals surface area (Å²) in [5.74, 6) is 0.561. The molecule has 0 radical (unpaired) electrons. The zero-order valence-corrected chi connectivity index (χ0v) is 13.4. The van der Waals surface area contributed by atoms with Gasteiger partial charge < -0.3 is 5.32 Å². The number of anilines is 1. The van der Waals surface area contributed by atoms with Crippen LogP contribution in [0, 0.1) is 17.2 Å². The summed E-state index contributed by atoms with van der Waals surface area (Å²) in [4.78, 5) is 0. The van der Waals surface area contributed by atoms with Crippen LogP contribution in [0.25, 0.3) is 0 Å². The number of hydrogen-bond donors (Lipinski definition) is 1. The first-order valence-corrected chi connectivity index (χ1v) is 8.01. The van der Waals surface area contributed by atoms with Crippen molar-refractivity contribution in [1.29, 1.82) is 0 Å². The summed E-state index contributed by atoms with van der Waals surface area (Å²) in [7, 11) is 0. The molecule has 0 aliphatic heterocycles. The number of benzene rings is 1. The molecule has 1 fully saturated rings. The second-order valence-corrected chi connectivity index (χ2v) is 7.07. The molecule has 1 aromatic carbocycles. The van der Waals surface area contributed by atoms with Gasteiger partial charge in [-0.05, 0) is 55.2 Å². The van der Waals surface area contributed by atoms with Crippen LogP contribution in [0.15, 0.2) is 18.2 Å². The van der Waals surface area contributed by atoms with Crippen molar-refractivity contribution in [3.05, 3.63) is 29.0 Å². The van der Waals surface area contributed by atoms with E-state index in [1.54, 1.807) is 6.07 Å². The van der Waals surface area contributed by atoms with E-state index in [0.717, 1.165) is 24.4 Å². The molecular weight excluding hydrogens is 273 g/mol. The SMILES string of the molecule is CCC(C)(C)C1CCC(Nc2cc(F)ccc2Cl)CC1. The molecule has 0 spiro atoms. The topological polar surface area (TPSA) is 12.0 Å². The molecule has 1 saturated carbocycles. The summed E-state index contributed by atoms with van der Waals surface area (Å²) >= 11 is 6.11. The first kappa shape index (κ1) is 15.6. The minimum absolute atomic E-state index is 0.238. The molecule has 20 heavy (non-hydrogen) atoms. The third-order valence-electron chi connectivity index (χ3n) is 5.03. The fourth-order valence-corrected chi connectivity index (χ4v) is 3.31. The van der Waals surface area contributed by atoms with Crippen molar-refractivity contribution in [3.63, 3.8) is 0 Å². The summed E-state index contributed by atoms with van der Waals surface area (Å²) in [6.07, 6.45) is 5.99. The summed E-state index contributed by atoms with van der Waals surface area (Å²) in [5.41, 5.74) is 1.16. The van der Waals surface area contributed by atoms with Crippen LogP contribution in [-0.4, -0.2) is 6.04 Å². The Labute approximate surface area is 126 Å². The Bertz CT molecular complexity index is 450. The standard InChI is InChI=1S/C17H25ClFN/c1-4-17(2,3)12-5-8-14(9-6-12)20-16-11-13(19)7-10-15(16)18/h7,10-12,14,20H,4-6,8-9H2,1-3H3. The quantitative estimate of drug-likeness (QED) is 0.731. The van der Waals surface area contributed by atoms with Crippen molar-refractivity contribution < 1.29 is 4.39 Å². The summed E-state index contributed by atoms with van der Waals surface area (Å²) in [6.45, 7) is 7.01. The van der Waals surface area contributed by atoms with E-state index in [-0.39, 0.29) is 5.82 Å². The van der Waals surface area contributed by atoms with Crippen molar-refractivity contribution in [1.82, 2.24) is 0 Å². The van der Waals surface area contributed by atoms with Crippen molar-refractivity contribution in [2.45, 2.75) is 58.9 Å². The van der Waals surface area contributed by atoms with Crippen molar-refractivity contribution >= 4 is 17.3 Å². The number of halogens is 2. The molecule has 0 bridgehead atoms. The van der Waals surface area contributed by atoms with Crippen LogP contribution in [0.4, 0.5) is 10.1 Å². The fraction of sp³-hybridized carbons (Fsp3) is 0.647. The van der Waals surface area contributed by atoms with E-state index < -0.39 is 0 Å². The van der Waals surface area contributed by atoms with Gasteiger partial charge in [0.05, 0.1) is 10.7 Å². The van der Waals surface area contributed by atoms with Gasteiger partial charge in [0.1, 0.15) is 5.82 Å². The minimum Gasteiger partial charge on any atom is -0.381 e. The molecule has 112 valence electrons. The number of nitrogens with one attached hydrogen (secondary N) is 1. The van der Waals surface area contributed by atoms with Crippen LogP contribution in [0.3, 0.4) is 0 Å². The number of rotatable bonds is 4. The third kappa shape index (κ3) is 3.66. The van der Waals surface area contributed by atoms with Crippen LogP contribution >= 0.6 is 11.6 Å². The van der Waals surface area contributed by atoms with Crippen LogP contribution in [0.1, 0.15) is 52.9 Å². The second kappa shape index (κ2) is 6.34. The van der Waals surface area contributed by atoms with Crippen molar-refractivity contribution in [2.24, 2.45) is 11.3 Å². The average Bonchev–Trinajstić information content (AvgIpc) is 2.43. The van der Waals surface area contributed by atoms with Gasteiger partial charge in [0.2, 0.25) is 0 Å².